The molecule has 1 fully saturated rings. The molecule has 3 heterocycles. The van der Waals surface area contributed by atoms with Gasteiger partial charge in [0.1, 0.15) is 5.82 Å². The number of pyridine rings is 1. The number of hydrogen-bond acceptors (Lipinski definition) is 7. The first-order chi connectivity index (χ1) is 13.6. The Labute approximate surface area is 163 Å². The maximum Gasteiger partial charge on any atom is 0.257 e. The third kappa shape index (κ3) is 3.86. The summed E-state index contributed by atoms with van der Waals surface area (Å²) in [5, 5.41) is 3.85. The van der Waals surface area contributed by atoms with E-state index in [1.54, 1.807) is 18.3 Å². The van der Waals surface area contributed by atoms with Gasteiger partial charge in [-0.05, 0) is 36.8 Å². The molecule has 1 saturated heterocycles. The number of carbonyl (C=O) groups excluding carboxylic acids is 1. The summed E-state index contributed by atoms with van der Waals surface area (Å²) in [5.74, 6) is 1.39. The molecule has 0 radical (unpaired) electrons. The predicted molar refractivity (Wildman–Crippen MR) is 105 cm³/mol. The van der Waals surface area contributed by atoms with Gasteiger partial charge in [-0.25, -0.2) is 4.98 Å². The minimum absolute atomic E-state index is 0.446. The van der Waals surface area contributed by atoms with Gasteiger partial charge in [-0.1, -0.05) is 17.3 Å². The number of nitrogens with two attached hydrogens (primary N) is 1. The van der Waals surface area contributed by atoms with Crippen molar-refractivity contribution in [3.8, 4) is 11.5 Å². The first-order valence-corrected chi connectivity index (χ1v) is 9.22. The van der Waals surface area contributed by atoms with E-state index in [1.807, 2.05) is 19.1 Å². The molecule has 1 aromatic carbocycles. The number of rotatable bonds is 5. The van der Waals surface area contributed by atoms with Crippen LogP contribution in [0.5, 0.6) is 0 Å². The van der Waals surface area contributed by atoms with Crippen LogP contribution in [0.2, 0.25) is 0 Å². The highest BCUT2D eigenvalue weighted by molar-refractivity contribution is 5.97. The molecular weight excluding hydrogens is 356 g/mol. The van der Waals surface area contributed by atoms with Crippen LogP contribution in [0, 0.1) is 6.92 Å². The number of anilines is 1. The average Bonchev–Trinajstić information content (AvgIpc) is 3.15. The van der Waals surface area contributed by atoms with E-state index in [4.69, 9.17) is 10.3 Å². The highest BCUT2D eigenvalue weighted by atomic mass is 16.5. The molecule has 3 aromatic rings. The van der Waals surface area contributed by atoms with Crippen LogP contribution in [0.4, 0.5) is 5.82 Å². The summed E-state index contributed by atoms with van der Waals surface area (Å²) in [5.41, 5.74) is 8.07. The van der Waals surface area contributed by atoms with E-state index in [0.717, 1.165) is 38.3 Å². The maximum atomic E-state index is 11.6. The maximum absolute atomic E-state index is 11.6. The summed E-state index contributed by atoms with van der Waals surface area (Å²) in [6.45, 7) is 5.97. The third-order valence-corrected chi connectivity index (χ3v) is 4.83. The Kier molecular flexibility index (Phi) is 5.03. The first kappa shape index (κ1) is 18.1. The number of carbonyl (C=O) groups is 1. The van der Waals surface area contributed by atoms with E-state index in [2.05, 4.69) is 37.1 Å². The number of aromatic nitrogens is 3. The second-order valence-electron chi connectivity index (χ2n) is 6.85. The Balaban J connectivity index is 1.41. The summed E-state index contributed by atoms with van der Waals surface area (Å²) in [6.07, 6.45) is 1.69. The van der Waals surface area contributed by atoms with Gasteiger partial charge in [0, 0.05) is 44.5 Å². The summed E-state index contributed by atoms with van der Waals surface area (Å²) in [4.78, 5) is 24.8. The molecule has 1 aliphatic rings. The van der Waals surface area contributed by atoms with Crippen molar-refractivity contribution in [2.45, 2.75) is 13.5 Å². The van der Waals surface area contributed by atoms with Crippen LogP contribution in [0.3, 0.4) is 0 Å². The van der Waals surface area contributed by atoms with Crippen molar-refractivity contribution in [3.63, 3.8) is 0 Å². The molecule has 0 unspecified atom stereocenters. The zero-order chi connectivity index (χ0) is 19.5. The van der Waals surface area contributed by atoms with Crippen LogP contribution in [0.25, 0.3) is 11.5 Å². The van der Waals surface area contributed by atoms with Gasteiger partial charge in [0.15, 0.2) is 5.82 Å². The Hall–Kier alpha value is -3.26. The molecule has 0 saturated carbocycles. The SMILES string of the molecule is Cc1noc(-c2cccc(CN3CCN(c4ncccc4C(N)=O)CC3)c2)n1. The van der Waals surface area contributed by atoms with Gasteiger partial charge in [-0.3, -0.25) is 9.69 Å². The number of primary amides is 1. The average molecular weight is 378 g/mol. The van der Waals surface area contributed by atoms with Crippen LogP contribution < -0.4 is 10.6 Å². The van der Waals surface area contributed by atoms with Crippen LogP contribution in [0.15, 0.2) is 47.1 Å². The molecule has 4 rings (SSSR count). The topological polar surface area (TPSA) is 101 Å². The van der Waals surface area contributed by atoms with Gasteiger partial charge in [-0.15, -0.1) is 0 Å². The number of piperazine rings is 1. The van der Waals surface area contributed by atoms with Crippen molar-refractivity contribution in [2.24, 2.45) is 5.73 Å². The third-order valence-electron chi connectivity index (χ3n) is 4.83. The molecule has 2 aromatic heterocycles. The normalized spacial score (nSPS) is 15.0. The summed E-state index contributed by atoms with van der Waals surface area (Å²) in [7, 11) is 0. The Morgan fingerprint density at radius 2 is 2.00 bits per heavy atom. The van der Waals surface area contributed by atoms with E-state index >= 15 is 0 Å². The van der Waals surface area contributed by atoms with Crippen molar-refractivity contribution in [1.29, 1.82) is 0 Å². The summed E-state index contributed by atoms with van der Waals surface area (Å²) in [6, 6.07) is 11.6. The monoisotopic (exact) mass is 378 g/mol. The fourth-order valence-electron chi connectivity index (χ4n) is 3.43. The molecule has 0 aliphatic carbocycles. The number of amides is 1. The van der Waals surface area contributed by atoms with Crippen molar-refractivity contribution >= 4 is 11.7 Å². The Morgan fingerprint density at radius 3 is 2.71 bits per heavy atom. The predicted octanol–water partition coefficient (Wildman–Crippen LogP) is 1.86. The second kappa shape index (κ2) is 7.77. The number of benzene rings is 1. The molecule has 8 heteroatoms. The molecule has 28 heavy (non-hydrogen) atoms. The van der Waals surface area contributed by atoms with Gasteiger partial charge in [-0.2, -0.15) is 4.98 Å². The number of hydrogen-bond donors (Lipinski definition) is 1. The minimum atomic E-state index is -0.446. The highest BCUT2D eigenvalue weighted by Crippen LogP contribution is 2.21. The summed E-state index contributed by atoms with van der Waals surface area (Å²) < 4.78 is 5.26. The Bertz CT molecular complexity index is 978. The fraction of sp³-hybridized carbons (Fsp3) is 0.300. The van der Waals surface area contributed by atoms with Gasteiger partial charge >= 0.3 is 0 Å². The smallest absolute Gasteiger partial charge is 0.257 e. The van der Waals surface area contributed by atoms with Crippen LogP contribution >= 0.6 is 0 Å². The lowest BCUT2D eigenvalue weighted by molar-refractivity contribution is 0.1000. The second-order valence-corrected chi connectivity index (χ2v) is 6.85. The van der Waals surface area contributed by atoms with Gasteiger partial charge in [0.05, 0.1) is 5.56 Å². The van der Waals surface area contributed by atoms with Crippen molar-refractivity contribution < 1.29 is 9.32 Å². The van der Waals surface area contributed by atoms with E-state index in [-0.39, 0.29) is 0 Å². The zero-order valence-electron chi connectivity index (χ0n) is 15.7. The molecule has 1 aliphatic heterocycles. The summed E-state index contributed by atoms with van der Waals surface area (Å²) >= 11 is 0. The van der Waals surface area contributed by atoms with E-state index in [0.29, 0.717) is 23.1 Å². The van der Waals surface area contributed by atoms with Crippen LogP contribution in [-0.4, -0.2) is 52.1 Å². The van der Waals surface area contributed by atoms with Gasteiger partial charge < -0.3 is 15.2 Å². The van der Waals surface area contributed by atoms with Crippen LogP contribution in [0.1, 0.15) is 21.7 Å². The lowest BCUT2D eigenvalue weighted by atomic mass is 10.1. The fourth-order valence-corrected chi connectivity index (χ4v) is 3.43. The standard InChI is InChI=1S/C20H22N6O2/c1-14-23-20(28-24-14)16-5-2-4-15(12-16)13-25-8-10-26(11-9-25)19-17(18(21)27)6-3-7-22-19/h2-7,12H,8-11,13H2,1H3,(H2,21,27). The molecule has 8 nitrogen and oxygen atoms in total. The van der Waals surface area contributed by atoms with E-state index in [1.165, 1.54) is 5.56 Å². The molecule has 1 amide bonds. The minimum Gasteiger partial charge on any atom is -0.365 e. The lowest BCUT2D eigenvalue weighted by Crippen LogP contribution is -2.46. The largest absolute Gasteiger partial charge is 0.365 e. The van der Waals surface area contributed by atoms with Gasteiger partial charge in [0.25, 0.3) is 11.8 Å². The molecule has 144 valence electrons. The van der Waals surface area contributed by atoms with Crippen molar-refractivity contribution in [1.82, 2.24) is 20.0 Å². The zero-order valence-corrected chi connectivity index (χ0v) is 15.7. The molecule has 0 atom stereocenters. The Morgan fingerprint density at radius 1 is 1.18 bits per heavy atom. The van der Waals surface area contributed by atoms with Crippen molar-refractivity contribution in [2.75, 3.05) is 31.1 Å². The quantitative estimate of drug-likeness (QED) is 0.723. The molecular formula is C20H22N6O2. The number of nitrogens with zero attached hydrogens (tertiary/aromatic N) is 5. The highest BCUT2D eigenvalue weighted by Gasteiger charge is 2.22. The molecule has 0 spiro atoms. The van der Waals surface area contributed by atoms with Crippen LogP contribution in [-0.2, 0) is 6.54 Å². The van der Waals surface area contributed by atoms with Crippen molar-refractivity contribution in [3.05, 3.63) is 59.5 Å². The van der Waals surface area contributed by atoms with Gasteiger partial charge in [0.2, 0.25) is 0 Å². The molecule has 0 bridgehead atoms. The van der Waals surface area contributed by atoms with E-state index in [9.17, 15) is 4.79 Å². The molecule has 2 N–H and O–H groups in total. The number of aryl methyl sites for hydroxylation is 1. The lowest BCUT2D eigenvalue weighted by Gasteiger charge is -2.36. The van der Waals surface area contributed by atoms with E-state index < -0.39 is 5.91 Å². The first-order valence-electron chi connectivity index (χ1n) is 9.22.